The molecule has 3 aromatic rings. The lowest BCUT2D eigenvalue weighted by molar-refractivity contribution is 0.0728. The molecule has 3 rings (SSSR count). The molecule has 0 fully saturated rings. The van der Waals surface area contributed by atoms with Crippen molar-refractivity contribution in [2.24, 2.45) is 0 Å². The molecule has 0 radical (unpaired) electrons. The second-order valence-electron chi connectivity index (χ2n) is 6.18. The van der Waals surface area contributed by atoms with Gasteiger partial charge in [0.15, 0.2) is 0 Å². The van der Waals surface area contributed by atoms with Crippen molar-refractivity contribution < 1.29 is 28.5 Å². The minimum atomic E-state index is -0.584. The highest BCUT2D eigenvalue weighted by Crippen LogP contribution is 2.26. The number of esters is 2. The maximum Gasteiger partial charge on any atom is 0.347 e. The van der Waals surface area contributed by atoms with Gasteiger partial charge in [-0.05, 0) is 55.5 Å². The van der Waals surface area contributed by atoms with Crippen molar-refractivity contribution in [2.75, 3.05) is 14.2 Å². The Hall–Kier alpha value is -3.80. The maximum absolute atomic E-state index is 12.4. The molecule has 6 heteroatoms. The van der Waals surface area contributed by atoms with E-state index in [-0.39, 0.29) is 5.56 Å². The number of ether oxygens (including phenoxy) is 4. The molecule has 0 bridgehead atoms. The van der Waals surface area contributed by atoms with Crippen LogP contribution in [-0.2, 0) is 0 Å². The Balaban J connectivity index is 1.68. The predicted octanol–water partition coefficient (Wildman–Crippen LogP) is 4.45. The second-order valence-corrected chi connectivity index (χ2v) is 6.18. The summed E-state index contributed by atoms with van der Waals surface area (Å²) < 4.78 is 21.0. The fourth-order valence-electron chi connectivity index (χ4n) is 2.56. The zero-order valence-corrected chi connectivity index (χ0v) is 16.3. The standard InChI is InChI=1S/C23H20O6/c1-15-4-8-17(9-5-15)28-22(24)16-6-10-18(11-7-16)29-23(25)20-13-12-19(26-2)14-21(20)27-3/h4-14H,1-3H3. The van der Waals surface area contributed by atoms with Gasteiger partial charge in [0.25, 0.3) is 0 Å². The molecule has 6 nitrogen and oxygen atoms in total. The third-order valence-electron chi connectivity index (χ3n) is 4.16. The van der Waals surface area contributed by atoms with Crippen molar-refractivity contribution >= 4 is 11.9 Å². The van der Waals surface area contributed by atoms with Gasteiger partial charge in [-0.15, -0.1) is 0 Å². The van der Waals surface area contributed by atoms with Crippen LogP contribution in [-0.4, -0.2) is 26.2 Å². The quantitative estimate of drug-likeness (QED) is 0.456. The topological polar surface area (TPSA) is 71.1 Å². The predicted molar refractivity (Wildman–Crippen MR) is 107 cm³/mol. The minimum absolute atomic E-state index is 0.260. The van der Waals surface area contributed by atoms with Gasteiger partial charge in [-0.3, -0.25) is 0 Å². The number of rotatable bonds is 6. The van der Waals surface area contributed by atoms with Crippen LogP contribution in [0.2, 0.25) is 0 Å². The zero-order chi connectivity index (χ0) is 20.8. The summed E-state index contributed by atoms with van der Waals surface area (Å²) in [5, 5.41) is 0. The van der Waals surface area contributed by atoms with E-state index in [1.54, 1.807) is 30.3 Å². The van der Waals surface area contributed by atoms with Gasteiger partial charge < -0.3 is 18.9 Å². The SMILES string of the molecule is COc1ccc(C(=O)Oc2ccc(C(=O)Oc3ccc(C)cc3)cc2)c(OC)c1. The van der Waals surface area contributed by atoms with Gasteiger partial charge in [-0.25, -0.2) is 9.59 Å². The van der Waals surface area contributed by atoms with Crippen LogP contribution in [0, 0.1) is 6.92 Å². The highest BCUT2D eigenvalue weighted by Gasteiger charge is 2.16. The Morgan fingerprint density at radius 3 is 1.79 bits per heavy atom. The van der Waals surface area contributed by atoms with Crippen LogP contribution >= 0.6 is 0 Å². The van der Waals surface area contributed by atoms with E-state index in [1.807, 2.05) is 19.1 Å². The number of methoxy groups -OCH3 is 2. The fraction of sp³-hybridized carbons (Fsp3) is 0.130. The molecule has 0 amide bonds. The number of hydrogen-bond acceptors (Lipinski definition) is 6. The monoisotopic (exact) mass is 392 g/mol. The molecular formula is C23H20O6. The highest BCUT2D eigenvalue weighted by molar-refractivity contribution is 5.94. The summed E-state index contributed by atoms with van der Waals surface area (Å²) in [6, 6.07) is 18.1. The van der Waals surface area contributed by atoms with Crippen molar-refractivity contribution in [3.63, 3.8) is 0 Å². The smallest absolute Gasteiger partial charge is 0.347 e. The first kappa shape index (κ1) is 19.9. The summed E-state index contributed by atoms with van der Waals surface area (Å²) in [5.74, 6) is 0.577. The van der Waals surface area contributed by atoms with Gasteiger partial charge in [0.1, 0.15) is 28.6 Å². The number of benzene rings is 3. The molecule has 29 heavy (non-hydrogen) atoms. The number of carbonyl (C=O) groups excluding carboxylic acids is 2. The van der Waals surface area contributed by atoms with E-state index in [0.717, 1.165) is 5.56 Å². The van der Waals surface area contributed by atoms with Crippen molar-refractivity contribution in [3.8, 4) is 23.0 Å². The van der Waals surface area contributed by atoms with E-state index in [0.29, 0.717) is 28.6 Å². The normalized spacial score (nSPS) is 10.2. The van der Waals surface area contributed by atoms with Gasteiger partial charge >= 0.3 is 11.9 Å². The van der Waals surface area contributed by atoms with Crippen molar-refractivity contribution in [2.45, 2.75) is 6.92 Å². The van der Waals surface area contributed by atoms with Gasteiger partial charge in [0.05, 0.1) is 19.8 Å². The Morgan fingerprint density at radius 2 is 1.21 bits per heavy atom. The zero-order valence-electron chi connectivity index (χ0n) is 16.3. The van der Waals surface area contributed by atoms with Gasteiger partial charge in [0, 0.05) is 6.07 Å². The largest absolute Gasteiger partial charge is 0.497 e. The minimum Gasteiger partial charge on any atom is -0.497 e. The lowest BCUT2D eigenvalue weighted by Crippen LogP contribution is -2.11. The average molecular weight is 392 g/mol. The third kappa shape index (κ3) is 4.93. The molecule has 0 aromatic heterocycles. The molecule has 0 atom stereocenters. The molecule has 0 saturated carbocycles. The van der Waals surface area contributed by atoms with Gasteiger partial charge in [-0.2, -0.15) is 0 Å². The summed E-state index contributed by atoms with van der Waals surface area (Å²) in [7, 11) is 2.98. The number of hydrogen-bond donors (Lipinski definition) is 0. The highest BCUT2D eigenvalue weighted by atomic mass is 16.5. The number of carbonyl (C=O) groups is 2. The van der Waals surface area contributed by atoms with Crippen LogP contribution in [0.25, 0.3) is 0 Å². The summed E-state index contributed by atoms with van der Waals surface area (Å²) in [5.41, 5.74) is 1.67. The van der Waals surface area contributed by atoms with Gasteiger partial charge in [0.2, 0.25) is 0 Å². The first-order valence-electron chi connectivity index (χ1n) is 8.83. The van der Waals surface area contributed by atoms with E-state index in [4.69, 9.17) is 18.9 Å². The summed E-state index contributed by atoms with van der Waals surface area (Å²) in [4.78, 5) is 24.7. The lowest BCUT2D eigenvalue weighted by atomic mass is 10.2. The van der Waals surface area contributed by atoms with E-state index in [9.17, 15) is 9.59 Å². The van der Waals surface area contributed by atoms with Crippen LogP contribution in [0.3, 0.4) is 0 Å². The van der Waals surface area contributed by atoms with Crippen molar-refractivity contribution in [3.05, 3.63) is 83.4 Å². The van der Waals surface area contributed by atoms with E-state index >= 15 is 0 Å². The first-order valence-corrected chi connectivity index (χ1v) is 8.83. The van der Waals surface area contributed by atoms with Crippen LogP contribution in [0.15, 0.2) is 66.7 Å². The molecule has 0 saturated heterocycles. The lowest BCUT2D eigenvalue weighted by Gasteiger charge is -2.10. The molecule has 0 unspecified atom stereocenters. The summed E-state index contributed by atoms with van der Waals surface area (Å²) >= 11 is 0. The van der Waals surface area contributed by atoms with Crippen LogP contribution < -0.4 is 18.9 Å². The molecule has 0 aliphatic carbocycles. The van der Waals surface area contributed by atoms with E-state index in [1.165, 1.54) is 38.5 Å². The Kier molecular flexibility index (Phi) is 6.14. The van der Waals surface area contributed by atoms with Gasteiger partial charge in [-0.1, -0.05) is 17.7 Å². The molecule has 148 valence electrons. The second kappa shape index (κ2) is 8.93. The van der Waals surface area contributed by atoms with Crippen LogP contribution in [0.1, 0.15) is 26.3 Å². The van der Waals surface area contributed by atoms with Crippen molar-refractivity contribution in [1.29, 1.82) is 0 Å². The molecule has 0 heterocycles. The van der Waals surface area contributed by atoms with E-state index in [2.05, 4.69) is 0 Å². The molecule has 0 N–H and O–H groups in total. The van der Waals surface area contributed by atoms with Crippen molar-refractivity contribution in [1.82, 2.24) is 0 Å². The van der Waals surface area contributed by atoms with Crippen LogP contribution in [0.4, 0.5) is 0 Å². The first-order chi connectivity index (χ1) is 14.0. The fourth-order valence-corrected chi connectivity index (χ4v) is 2.56. The van der Waals surface area contributed by atoms with Crippen LogP contribution in [0.5, 0.6) is 23.0 Å². The molecule has 0 aliphatic heterocycles. The maximum atomic E-state index is 12.4. The molecule has 0 aliphatic rings. The summed E-state index contributed by atoms with van der Waals surface area (Å²) in [6.07, 6.45) is 0. The third-order valence-corrected chi connectivity index (χ3v) is 4.16. The summed E-state index contributed by atoms with van der Waals surface area (Å²) in [6.45, 7) is 1.95. The Bertz CT molecular complexity index is 1010. The Labute approximate surface area is 168 Å². The molecular weight excluding hydrogens is 372 g/mol. The molecule has 0 spiro atoms. The Morgan fingerprint density at radius 1 is 0.655 bits per heavy atom. The number of aryl methyl sites for hydroxylation is 1. The molecule has 3 aromatic carbocycles. The average Bonchev–Trinajstić information content (AvgIpc) is 2.75. The van der Waals surface area contributed by atoms with E-state index < -0.39 is 11.9 Å².